The molecule has 0 fully saturated rings. The van der Waals surface area contributed by atoms with E-state index in [9.17, 15) is 4.79 Å². The van der Waals surface area contributed by atoms with E-state index in [4.69, 9.17) is 14.6 Å². The normalized spacial score (nSPS) is 14.8. The van der Waals surface area contributed by atoms with Gasteiger partial charge in [0.1, 0.15) is 5.76 Å². The monoisotopic (exact) mass is 334 g/mol. The molecule has 1 N–H and O–H groups in total. The Morgan fingerprint density at radius 2 is 1.88 bits per heavy atom. The van der Waals surface area contributed by atoms with Crippen LogP contribution in [0.5, 0.6) is 0 Å². The van der Waals surface area contributed by atoms with Crippen LogP contribution in [0.4, 0.5) is 0 Å². The molecule has 4 nitrogen and oxygen atoms in total. The maximum Gasteiger partial charge on any atom is 0.333 e. The summed E-state index contributed by atoms with van der Waals surface area (Å²) in [6.45, 7) is 8.68. The van der Waals surface area contributed by atoms with Crippen LogP contribution in [-0.4, -0.2) is 30.4 Å². The number of carboxylic acids is 1. The molecule has 1 atom stereocenters. The molecule has 4 heteroatoms. The van der Waals surface area contributed by atoms with E-state index in [1.54, 1.807) is 19.1 Å². The summed E-state index contributed by atoms with van der Waals surface area (Å²) in [5.41, 5.74) is 1.23. The molecule has 0 aromatic carbocycles. The molecule has 0 saturated carbocycles. The zero-order valence-electron chi connectivity index (χ0n) is 15.2. The predicted octanol–water partition coefficient (Wildman–Crippen LogP) is 4.81. The van der Waals surface area contributed by atoms with E-state index in [0.717, 1.165) is 12.2 Å². The SMILES string of the molecule is C/C=C\C(=C/C)CCOC(/C=C\C)=C/C=C/C[C@H](OCC)C(=O)O. The number of ether oxygens (including phenoxy) is 2. The molecule has 0 aromatic heterocycles. The summed E-state index contributed by atoms with van der Waals surface area (Å²) in [4.78, 5) is 11.0. The molecular weight excluding hydrogens is 304 g/mol. The van der Waals surface area contributed by atoms with Gasteiger partial charge in [0.05, 0.1) is 6.61 Å². The van der Waals surface area contributed by atoms with Crippen molar-refractivity contribution in [1.82, 2.24) is 0 Å². The lowest BCUT2D eigenvalue weighted by Gasteiger charge is -2.09. The fourth-order valence-corrected chi connectivity index (χ4v) is 1.95. The lowest BCUT2D eigenvalue weighted by molar-refractivity contribution is -0.149. The molecule has 0 unspecified atom stereocenters. The molecule has 0 aliphatic rings. The minimum Gasteiger partial charge on any atom is -0.493 e. The third kappa shape index (κ3) is 10.6. The highest BCUT2D eigenvalue weighted by atomic mass is 16.5. The number of allylic oxidation sites excluding steroid dienone is 7. The first-order valence-corrected chi connectivity index (χ1v) is 8.33. The first-order chi connectivity index (χ1) is 11.6. The highest BCUT2D eigenvalue weighted by Gasteiger charge is 2.14. The lowest BCUT2D eigenvalue weighted by Crippen LogP contribution is -2.22. The zero-order valence-corrected chi connectivity index (χ0v) is 15.2. The number of hydrogen-bond donors (Lipinski definition) is 1. The van der Waals surface area contributed by atoms with Crippen molar-refractivity contribution in [3.63, 3.8) is 0 Å². The summed E-state index contributed by atoms with van der Waals surface area (Å²) in [5, 5.41) is 9.01. The van der Waals surface area contributed by atoms with Gasteiger partial charge >= 0.3 is 5.97 Å². The molecule has 0 rings (SSSR count). The smallest absolute Gasteiger partial charge is 0.333 e. The van der Waals surface area contributed by atoms with E-state index in [1.165, 1.54) is 5.57 Å². The van der Waals surface area contributed by atoms with Crippen molar-refractivity contribution >= 4 is 5.97 Å². The van der Waals surface area contributed by atoms with Gasteiger partial charge in [-0.05, 0) is 45.4 Å². The van der Waals surface area contributed by atoms with Crippen LogP contribution in [0.2, 0.25) is 0 Å². The Labute approximate surface area is 145 Å². The van der Waals surface area contributed by atoms with Crippen LogP contribution in [-0.2, 0) is 14.3 Å². The third-order valence-electron chi connectivity index (χ3n) is 3.13. The quantitative estimate of drug-likeness (QED) is 0.411. The van der Waals surface area contributed by atoms with Crippen LogP contribution >= 0.6 is 0 Å². The van der Waals surface area contributed by atoms with Crippen molar-refractivity contribution in [2.75, 3.05) is 13.2 Å². The molecule has 0 radical (unpaired) electrons. The summed E-state index contributed by atoms with van der Waals surface area (Å²) >= 11 is 0. The van der Waals surface area contributed by atoms with Gasteiger partial charge in [-0.1, -0.05) is 36.5 Å². The molecule has 0 saturated heterocycles. The number of carboxylic acid groups (broad SMARTS) is 1. The second-order valence-electron chi connectivity index (χ2n) is 4.98. The Kier molecular flexibility index (Phi) is 13.3. The number of aliphatic carboxylic acids is 1. The summed E-state index contributed by atoms with van der Waals surface area (Å²) in [5.74, 6) is -0.203. The van der Waals surface area contributed by atoms with E-state index in [0.29, 0.717) is 19.6 Å². The van der Waals surface area contributed by atoms with E-state index < -0.39 is 12.1 Å². The predicted molar refractivity (Wildman–Crippen MR) is 98.8 cm³/mol. The van der Waals surface area contributed by atoms with Crippen molar-refractivity contribution in [2.45, 2.75) is 46.6 Å². The minimum atomic E-state index is -0.946. The van der Waals surface area contributed by atoms with Crippen molar-refractivity contribution in [3.8, 4) is 0 Å². The lowest BCUT2D eigenvalue weighted by atomic mass is 10.2. The minimum absolute atomic E-state index is 0.326. The van der Waals surface area contributed by atoms with Crippen molar-refractivity contribution < 1.29 is 19.4 Å². The standard InChI is InChI=1S/C20H30O4/c1-5-11-17(7-3)15-16-24-18(12-6-2)13-9-10-14-19(20(21)22)23-8-4/h5-7,9-13,19H,8,14-16H2,1-4H3,(H,21,22)/b10-9+,11-5-,12-6-,17-7+,18-13+/t19-/m0/s1. The second-order valence-corrected chi connectivity index (χ2v) is 4.98. The molecule has 0 heterocycles. The van der Waals surface area contributed by atoms with Crippen molar-refractivity contribution in [2.24, 2.45) is 0 Å². The first-order valence-electron chi connectivity index (χ1n) is 8.33. The van der Waals surface area contributed by atoms with Crippen LogP contribution < -0.4 is 0 Å². The molecule has 134 valence electrons. The summed E-state index contributed by atoms with van der Waals surface area (Å²) < 4.78 is 10.9. The number of carbonyl (C=O) groups is 1. The Balaban J connectivity index is 4.56. The first kappa shape index (κ1) is 21.9. The van der Waals surface area contributed by atoms with Crippen LogP contribution in [0.15, 0.2) is 59.9 Å². The van der Waals surface area contributed by atoms with Crippen LogP contribution in [0, 0.1) is 0 Å². The molecular formula is C20H30O4. The molecule has 24 heavy (non-hydrogen) atoms. The highest BCUT2D eigenvalue weighted by molar-refractivity contribution is 5.72. The maximum absolute atomic E-state index is 11.0. The van der Waals surface area contributed by atoms with Gasteiger partial charge in [0.25, 0.3) is 0 Å². The van der Waals surface area contributed by atoms with E-state index in [1.807, 2.05) is 45.1 Å². The van der Waals surface area contributed by atoms with Gasteiger partial charge in [0.2, 0.25) is 0 Å². The van der Waals surface area contributed by atoms with E-state index in [2.05, 4.69) is 12.2 Å². The fraction of sp³-hybridized carbons (Fsp3) is 0.450. The molecule has 0 amide bonds. The highest BCUT2D eigenvalue weighted by Crippen LogP contribution is 2.08. The Morgan fingerprint density at radius 3 is 2.42 bits per heavy atom. The van der Waals surface area contributed by atoms with Crippen molar-refractivity contribution in [3.05, 3.63) is 59.9 Å². The van der Waals surface area contributed by atoms with Gasteiger partial charge in [-0.15, -0.1) is 0 Å². The molecule has 0 bridgehead atoms. The van der Waals surface area contributed by atoms with Crippen LogP contribution in [0.1, 0.15) is 40.5 Å². The third-order valence-corrected chi connectivity index (χ3v) is 3.13. The average molecular weight is 334 g/mol. The van der Waals surface area contributed by atoms with E-state index >= 15 is 0 Å². The van der Waals surface area contributed by atoms with Gasteiger partial charge in [0, 0.05) is 19.4 Å². The van der Waals surface area contributed by atoms with Crippen molar-refractivity contribution in [1.29, 1.82) is 0 Å². The number of rotatable bonds is 12. The maximum atomic E-state index is 11.0. The molecule has 0 aromatic rings. The van der Waals surface area contributed by atoms with Gasteiger partial charge in [0.15, 0.2) is 6.10 Å². The topological polar surface area (TPSA) is 55.8 Å². The molecule has 0 aliphatic heterocycles. The largest absolute Gasteiger partial charge is 0.493 e. The van der Waals surface area contributed by atoms with Gasteiger partial charge < -0.3 is 14.6 Å². The summed E-state index contributed by atoms with van der Waals surface area (Å²) in [6.07, 6.45) is 15.7. The zero-order chi connectivity index (χ0) is 18.2. The summed E-state index contributed by atoms with van der Waals surface area (Å²) in [6, 6.07) is 0. The van der Waals surface area contributed by atoms with Crippen LogP contribution in [0.25, 0.3) is 0 Å². The summed E-state index contributed by atoms with van der Waals surface area (Å²) in [7, 11) is 0. The molecule has 0 aliphatic carbocycles. The van der Waals surface area contributed by atoms with Gasteiger partial charge in [-0.2, -0.15) is 0 Å². The Hall–Kier alpha value is -2.07. The Morgan fingerprint density at radius 1 is 1.17 bits per heavy atom. The second kappa shape index (κ2) is 14.5. The Bertz CT molecular complexity index is 496. The van der Waals surface area contributed by atoms with Gasteiger partial charge in [-0.3, -0.25) is 0 Å². The van der Waals surface area contributed by atoms with Crippen LogP contribution in [0.3, 0.4) is 0 Å². The number of hydrogen-bond acceptors (Lipinski definition) is 3. The fourth-order valence-electron chi connectivity index (χ4n) is 1.95. The van der Waals surface area contributed by atoms with Gasteiger partial charge in [-0.25, -0.2) is 4.79 Å². The molecule has 0 spiro atoms. The average Bonchev–Trinajstić information content (AvgIpc) is 2.56. The van der Waals surface area contributed by atoms with E-state index in [-0.39, 0.29) is 0 Å².